The minimum atomic E-state index is 0.000177. The van der Waals surface area contributed by atoms with Crippen LogP contribution in [0.5, 0.6) is 11.5 Å². The summed E-state index contributed by atoms with van der Waals surface area (Å²) in [6.07, 6.45) is 0. The molecule has 33 heavy (non-hydrogen) atoms. The number of nitrogens with zero attached hydrogens (tertiary/aromatic N) is 4. The van der Waals surface area contributed by atoms with Crippen molar-refractivity contribution in [3.05, 3.63) is 66.2 Å². The van der Waals surface area contributed by atoms with E-state index in [2.05, 4.69) is 28.9 Å². The molecule has 7 heteroatoms. The third-order valence-corrected chi connectivity index (χ3v) is 5.90. The van der Waals surface area contributed by atoms with Gasteiger partial charge in [0.15, 0.2) is 12.4 Å². The van der Waals surface area contributed by atoms with E-state index in [0.717, 1.165) is 28.6 Å². The Morgan fingerprint density at radius 2 is 1.67 bits per heavy atom. The number of amides is 1. The number of carbonyl (C=O) groups is 1. The molecule has 1 amide bonds. The number of anilines is 1. The fraction of sp³-hybridized carbons (Fsp3) is 0.346. The van der Waals surface area contributed by atoms with E-state index >= 15 is 0 Å². The highest BCUT2D eigenvalue weighted by Gasteiger charge is 2.22. The van der Waals surface area contributed by atoms with Crippen LogP contribution >= 0.6 is 0 Å². The van der Waals surface area contributed by atoms with Gasteiger partial charge in [-0.1, -0.05) is 38.1 Å². The van der Waals surface area contributed by atoms with Crippen molar-refractivity contribution in [2.45, 2.75) is 19.8 Å². The zero-order chi connectivity index (χ0) is 23.2. The summed E-state index contributed by atoms with van der Waals surface area (Å²) in [6.45, 7) is 7.02. The van der Waals surface area contributed by atoms with Crippen LogP contribution in [0, 0.1) is 0 Å². The summed E-state index contributed by atoms with van der Waals surface area (Å²) in [5.74, 6) is 2.77. The maximum absolute atomic E-state index is 12.6. The van der Waals surface area contributed by atoms with Crippen molar-refractivity contribution in [3.63, 3.8) is 0 Å². The SMILES string of the molecule is COc1ccccc1-c1ccc(N2CCN(C(=O)COc3ccc(C(C)C)cc3)CC2)nn1. The number of methoxy groups -OCH3 is 1. The van der Waals surface area contributed by atoms with Crippen LogP contribution < -0.4 is 14.4 Å². The molecule has 2 heterocycles. The molecule has 3 aromatic rings. The highest BCUT2D eigenvalue weighted by molar-refractivity contribution is 5.78. The molecule has 1 aliphatic rings. The van der Waals surface area contributed by atoms with E-state index in [1.54, 1.807) is 7.11 Å². The Bertz CT molecular complexity index is 1060. The van der Waals surface area contributed by atoms with Gasteiger partial charge in [0, 0.05) is 31.7 Å². The second-order valence-electron chi connectivity index (χ2n) is 8.36. The Morgan fingerprint density at radius 1 is 0.939 bits per heavy atom. The fourth-order valence-corrected chi connectivity index (χ4v) is 3.86. The molecule has 7 nitrogen and oxygen atoms in total. The normalized spacial score (nSPS) is 13.8. The van der Waals surface area contributed by atoms with Gasteiger partial charge in [-0.3, -0.25) is 4.79 Å². The number of aromatic nitrogens is 2. The lowest BCUT2D eigenvalue weighted by Crippen LogP contribution is -2.50. The minimum absolute atomic E-state index is 0.000177. The first-order valence-corrected chi connectivity index (χ1v) is 11.3. The molecule has 1 aromatic heterocycles. The van der Waals surface area contributed by atoms with Crippen LogP contribution in [0.3, 0.4) is 0 Å². The summed E-state index contributed by atoms with van der Waals surface area (Å²) in [5.41, 5.74) is 2.93. The molecule has 0 bridgehead atoms. The number of piperazine rings is 1. The molecule has 2 aromatic carbocycles. The van der Waals surface area contributed by atoms with Crippen molar-refractivity contribution < 1.29 is 14.3 Å². The lowest BCUT2D eigenvalue weighted by atomic mass is 10.0. The molecule has 0 atom stereocenters. The van der Waals surface area contributed by atoms with Gasteiger partial charge in [0.1, 0.15) is 11.5 Å². The maximum Gasteiger partial charge on any atom is 0.260 e. The number of benzene rings is 2. The molecule has 0 aliphatic carbocycles. The summed E-state index contributed by atoms with van der Waals surface area (Å²) in [5, 5.41) is 8.81. The number of hydrogen-bond donors (Lipinski definition) is 0. The highest BCUT2D eigenvalue weighted by atomic mass is 16.5. The van der Waals surface area contributed by atoms with Gasteiger partial charge < -0.3 is 19.3 Å². The van der Waals surface area contributed by atoms with Crippen LogP contribution in [-0.2, 0) is 4.79 Å². The second-order valence-corrected chi connectivity index (χ2v) is 8.36. The molecule has 4 rings (SSSR count). The number of hydrogen-bond acceptors (Lipinski definition) is 6. The Hall–Kier alpha value is -3.61. The first-order valence-electron chi connectivity index (χ1n) is 11.3. The molecule has 1 fully saturated rings. The van der Waals surface area contributed by atoms with Gasteiger partial charge in [0.05, 0.1) is 12.8 Å². The van der Waals surface area contributed by atoms with E-state index in [9.17, 15) is 4.79 Å². The molecule has 0 spiro atoms. The van der Waals surface area contributed by atoms with Gasteiger partial charge >= 0.3 is 0 Å². The molecule has 0 saturated carbocycles. The van der Waals surface area contributed by atoms with Crippen molar-refractivity contribution in [1.82, 2.24) is 15.1 Å². The molecule has 1 aliphatic heterocycles. The molecule has 0 radical (unpaired) electrons. The standard InChI is InChI=1S/C26H30N4O3/c1-19(2)20-8-10-21(11-9-20)33-18-26(31)30-16-14-29(15-17-30)25-13-12-23(27-28-25)22-6-4-5-7-24(22)32-3/h4-13,19H,14-18H2,1-3H3. The van der Waals surface area contributed by atoms with E-state index < -0.39 is 0 Å². The monoisotopic (exact) mass is 446 g/mol. The van der Waals surface area contributed by atoms with E-state index in [4.69, 9.17) is 9.47 Å². The summed E-state index contributed by atoms with van der Waals surface area (Å²) in [6, 6.07) is 19.6. The lowest BCUT2D eigenvalue weighted by molar-refractivity contribution is -0.133. The van der Waals surface area contributed by atoms with Crippen LogP contribution in [0.25, 0.3) is 11.3 Å². The summed E-state index contributed by atoms with van der Waals surface area (Å²) >= 11 is 0. The van der Waals surface area contributed by atoms with Gasteiger partial charge in [-0.25, -0.2) is 0 Å². The van der Waals surface area contributed by atoms with Crippen LogP contribution in [-0.4, -0.2) is 60.9 Å². The Balaban J connectivity index is 1.29. The quantitative estimate of drug-likeness (QED) is 0.546. The van der Waals surface area contributed by atoms with E-state index in [0.29, 0.717) is 32.1 Å². The Kier molecular flexibility index (Phi) is 7.07. The molecule has 0 N–H and O–H groups in total. The number of carbonyl (C=O) groups excluding carboxylic acids is 1. The van der Waals surface area contributed by atoms with Crippen molar-refractivity contribution in [1.29, 1.82) is 0 Å². The average Bonchev–Trinajstić information content (AvgIpc) is 2.87. The zero-order valence-electron chi connectivity index (χ0n) is 19.4. The predicted octanol–water partition coefficient (Wildman–Crippen LogP) is 4.00. The summed E-state index contributed by atoms with van der Waals surface area (Å²) < 4.78 is 11.1. The third-order valence-electron chi connectivity index (χ3n) is 5.90. The molecular weight excluding hydrogens is 416 g/mol. The van der Waals surface area contributed by atoms with Gasteiger partial charge in [0.2, 0.25) is 0 Å². The smallest absolute Gasteiger partial charge is 0.260 e. The lowest BCUT2D eigenvalue weighted by Gasteiger charge is -2.35. The van der Waals surface area contributed by atoms with Gasteiger partial charge in [-0.15, -0.1) is 10.2 Å². The van der Waals surface area contributed by atoms with Crippen LogP contribution in [0.15, 0.2) is 60.7 Å². The molecule has 172 valence electrons. The summed E-state index contributed by atoms with van der Waals surface area (Å²) in [7, 11) is 1.65. The molecule has 0 unspecified atom stereocenters. The van der Waals surface area contributed by atoms with Crippen molar-refractivity contribution in [2.24, 2.45) is 0 Å². The third kappa shape index (κ3) is 5.42. The van der Waals surface area contributed by atoms with Crippen molar-refractivity contribution in [2.75, 3.05) is 44.8 Å². The summed E-state index contributed by atoms with van der Waals surface area (Å²) in [4.78, 5) is 16.6. The number of rotatable bonds is 7. The van der Waals surface area contributed by atoms with Gasteiger partial charge in [-0.05, 0) is 47.9 Å². The van der Waals surface area contributed by atoms with Crippen molar-refractivity contribution >= 4 is 11.7 Å². The average molecular weight is 447 g/mol. The second kappa shape index (κ2) is 10.3. The van der Waals surface area contributed by atoms with Crippen LogP contribution in [0.2, 0.25) is 0 Å². The predicted molar refractivity (Wildman–Crippen MR) is 129 cm³/mol. The van der Waals surface area contributed by atoms with Gasteiger partial charge in [0.25, 0.3) is 5.91 Å². The van der Waals surface area contributed by atoms with Crippen LogP contribution in [0.4, 0.5) is 5.82 Å². The van der Waals surface area contributed by atoms with Gasteiger partial charge in [-0.2, -0.15) is 0 Å². The Labute approximate surface area is 195 Å². The largest absolute Gasteiger partial charge is 0.496 e. The maximum atomic E-state index is 12.6. The highest BCUT2D eigenvalue weighted by Crippen LogP contribution is 2.28. The van der Waals surface area contributed by atoms with Crippen LogP contribution in [0.1, 0.15) is 25.3 Å². The first kappa shape index (κ1) is 22.6. The van der Waals surface area contributed by atoms with E-state index in [-0.39, 0.29) is 12.5 Å². The topological polar surface area (TPSA) is 67.8 Å². The Morgan fingerprint density at radius 3 is 2.30 bits per heavy atom. The number of ether oxygens (including phenoxy) is 2. The molecule has 1 saturated heterocycles. The van der Waals surface area contributed by atoms with E-state index in [1.807, 2.05) is 65.6 Å². The molecular formula is C26H30N4O3. The van der Waals surface area contributed by atoms with E-state index in [1.165, 1.54) is 5.56 Å². The number of para-hydroxylation sites is 1. The first-order chi connectivity index (χ1) is 16.0. The minimum Gasteiger partial charge on any atom is -0.496 e. The zero-order valence-corrected chi connectivity index (χ0v) is 19.4. The van der Waals surface area contributed by atoms with Crippen molar-refractivity contribution in [3.8, 4) is 22.8 Å². The fourth-order valence-electron chi connectivity index (χ4n) is 3.86.